The number of nitrogen functional groups attached to an aromatic ring is 1. The van der Waals surface area contributed by atoms with Crippen LogP contribution < -0.4 is 10.6 Å². The van der Waals surface area contributed by atoms with Crippen molar-refractivity contribution < 1.29 is 4.74 Å². The van der Waals surface area contributed by atoms with Crippen molar-refractivity contribution in [2.24, 2.45) is 0 Å². The summed E-state index contributed by atoms with van der Waals surface area (Å²) < 4.78 is 5.17. The minimum Gasteiger partial charge on any atom is -0.383 e. The summed E-state index contributed by atoms with van der Waals surface area (Å²) in [5.74, 6) is 1.02. The van der Waals surface area contributed by atoms with Crippen LogP contribution >= 0.6 is 0 Å². The van der Waals surface area contributed by atoms with Gasteiger partial charge in [-0.2, -0.15) is 9.97 Å². The van der Waals surface area contributed by atoms with E-state index < -0.39 is 0 Å². The quantitative estimate of drug-likeness (QED) is 0.814. The molecule has 0 saturated heterocycles. The van der Waals surface area contributed by atoms with Crippen LogP contribution in [-0.2, 0) is 4.74 Å². The van der Waals surface area contributed by atoms with Crippen LogP contribution in [0.4, 0.5) is 11.8 Å². The first-order valence-electron chi connectivity index (χ1n) is 6.39. The number of anilines is 2. The molecule has 1 unspecified atom stereocenters. The Morgan fingerprint density at radius 1 is 1.47 bits per heavy atom. The average molecular weight is 264 g/mol. The van der Waals surface area contributed by atoms with Gasteiger partial charge in [-0.25, -0.2) is 4.98 Å². The molecule has 0 aliphatic carbocycles. The molecule has 0 aliphatic heterocycles. The molecule has 1 atom stereocenters. The number of aromatic nitrogens is 4. The van der Waals surface area contributed by atoms with Gasteiger partial charge < -0.3 is 20.4 Å². The molecule has 0 radical (unpaired) electrons. The van der Waals surface area contributed by atoms with E-state index in [0.717, 1.165) is 24.3 Å². The van der Waals surface area contributed by atoms with Gasteiger partial charge in [-0.05, 0) is 13.3 Å². The van der Waals surface area contributed by atoms with Crippen molar-refractivity contribution in [1.29, 1.82) is 0 Å². The molecule has 0 aromatic carbocycles. The van der Waals surface area contributed by atoms with Gasteiger partial charge in [0.1, 0.15) is 5.52 Å². The van der Waals surface area contributed by atoms with Crippen LogP contribution in [0.5, 0.6) is 0 Å². The minimum absolute atomic E-state index is 0.236. The number of methoxy groups -OCH3 is 1. The predicted octanol–water partition coefficient (Wildman–Crippen LogP) is 1.19. The van der Waals surface area contributed by atoms with Crippen LogP contribution in [0.3, 0.4) is 0 Å². The molecular formula is C12H20N6O. The second-order valence-corrected chi connectivity index (χ2v) is 4.45. The topological polar surface area (TPSA) is 92.9 Å². The highest BCUT2D eigenvalue weighted by atomic mass is 16.5. The van der Waals surface area contributed by atoms with E-state index in [0.29, 0.717) is 18.3 Å². The van der Waals surface area contributed by atoms with Crippen molar-refractivity contribution in [2.45, 2.75) is 26.3 Å². The molecule has 19 heavy (non-hydrogen) atoms. The molecule has 0 spiro atoms. The number of aromatic amines is 1. The number of nitrogens with two attached hydrogens (primary N) is 1. The largest absolute Gasteiger partial charge is 0.383 e. The maximum Gasteiger partial charge on any atom is 0.224 e. The van der Waals surface area contributed by atoms with Crippen molar-refractivity contribution in [2.75, 3.05) is 30.9 Å². The molecule has 7 heteroatoms. The summed E-state index contributed by atoms with van der Waals surface area (Å²) in [6.45, 7) is 5.66. The number of nitrogens with zero attached hydrogens (tertiary/aromatic N) is 4. The number of rotatable bonds is 6. The van der Waals surface area contributed by atoms with E-state index in [2.05, 4.69) is 38.7 Å². The predicted molar refractivity (Wildman–Crippen MR) is 75.1 cm³/mol. The molecule has 0 aliphatic rings. The Balaban J connectivity index is 2.44. The Kier molecular flexibility index (Phi) is 4.16. The van der Waals surface area contributed by atoms with Crippen LogP contribution in [0, 0.1) is 0 Å². The van der Waals surface area contributed by atoms with Gasteiger partial charge in [-0.1, -0.05) is 6.92 Å². The van der Waals surface area contributed by atoms with E-state index >= 15 is 0 Å². The summed E-state index contributed by atoms with van der Waals surface area (Å²) in [4.78, 5) is 17.9. The molecule has 2 aromatic rings. The smallest absolute Gasteiger partial charge is 0.224 e. The van der Waals surface area contributed by atoms with Gasteiger partial charge in [0.05, 0.1) is 12.9 Å². The molecule has 0 amide bonds. The van der Waals surface area contributed by atoms with Crippen molar-refractivity contribution in [1.82, 2.24) is 19.9 Å². The molecule has 7 nitrogen and oxygen atoms in total. The number of imidazole rings is 1. The fraction of sp³-hybridized carbons (Fsp3) is 0.583. The average Bonchev–Trinajstić information content (AvgIpc) is 2.86. The van der Waals surface area contributed by atoms with Crippen LogP contribution in [-0.4, -0.2) is 46.2 Å². The Bertz CT molecular complexity index is 540. The lowest BCUT2D eigenvalue weighted by Crippen LogP contribution is -2.36. The van der Waals surface area contributed by atoms with Crippen LogP contribution in [0.15, 0.2) is 6.33 Å². The van der Waals surface area contributed by atoms with Crippen molar-refractivity contribution in [3.05, 3.63) is 6.33 Å². The second kappa shape index (κ2) is 5.83. The number of fused-ring (bicyclic) bond motifs is 1. The third-order valence-corrected chi connectivity index (χ3v) is 3.22. The first-order valence-corrected chi connectivity index (χ1v) is 6.39. The molecular weight excluding hydrogens is 244 g/mol. The first-order chi connectivity index (χ1) is 9.17. The Morgan fingerprint density at radius 2 is 2.26 bits per heavy atom. The molecule has 0 saturated carbocycles. The fourth-order valence-corrected chi connectivity index (χ4v) is 1.99. The van der Waals surface area contributed by atoms with E-state index in [1.165, 1.54) is 0 Å². The Hall–Kier alpha value is -1.89. The third-order valence-electron chi connectivity index (χ3n) is 3.22. The minimum atomic E-state index is 0.236. The summed E-state index contributed by atoms with van der Waals surface area (Å²) in [7, 11) is 1.69. The summed E-state index contributed by atoms with van der Waals surface area (Å²) in [6.07, 6.45) is 2.61. The summed E-state index contributed by atoms with van der Waals surface area (Å²) in [5.41, 5.74) is 7.16. The zero-order valence-corrected chi connectivity index (χ0v) is 11.6. The molecule has 0 fully saturated rings. The maximum atomic E-state index is 5.76. The summed E-state index contributed by atoms with van der Waals surface area (Å²) in [5, 5.41) is 0. The SMILES string of the molecule is CCC(C)N(CCOC)c1nc(N)nc2nc[nH]c12. The molecule has 0 bridgehead atoms. The molecule has 104 valence electrons. The van der Waals surface area contributed by atoms with Gasteiger partial charge in [0.2, 0.25) is 5.95 Å². The van der Waals surface area contributed by atoms with Gasteiger partial charge in [0.15, 0.2) is 11.5 Å². The van der Waals surface area contributed by atoms with Crippen molar-refractivity contribution in [3.8, 4) is 0 Å². The highest BCUT2D eigenvalue weighted by molar-refractivity contribution is 5.84. The van der Waals surface area contributed by atoms with Gasteiger partial charge >= 0.3 is 0 Å². The molecule has 3 N–H and O–H groups in total. The van der Waals surface area contributed by atoms with Crippen molar-refractivity contribution >= 4 is 22.9 Å². The number of H-pyrrole nitrogens is 1. The highest BCUT2D eigenvalue weighted by Gasteiger charge is 2.19. The highest BCUT2D eigenvalue weighted by Crippen LogP contribution is 2.24. The first kappa shape index (κ1) is 13.5. The third kappa shape index (κ3) is 2.76. The van der Waals surface area contributed by atoms with Crippen LogP contribution in [0.25, 0.3) is 11.2 Å². The zero-order valence-electron chi connectivity index (χ0n) is 11.6. The number of hydrogen-bond donors (Lipinski definition) is 2. The molecule has 2 aromatic heterocycles. The maximum absolute atomic E-state index is 5.76. The zero-order chi connectivity index (χ0) is 13.8. The van der Waals surface area contributed by atoms with Crippen LogP contribution in [0.1, 0.15) is 20.3 Å². The van der Waals surface area contributed by atoms with Crippen LogP contribution in [0.2, 0.25) is 0 Å². The van der Waals surface area contributed by atoms with E-state index in [1.54, 1.807) is 13.4 Å². The van der Waals surface area contributed by atoms with Crippen molar-refractivity contribution in [3.63, 3.8) is 0 Å². The summed E-state index contributed by atoms with van der Waals surface area (Å²) >= 11 is 0. The number of hydrogen-bond acceptors (Lipinski definition) is 6. The van der Waals surface area contributed by atoms with Gasteiger partial charge in [0, 0.05) is 19.7 Å². The lowest BCUT2D eigenvalue weighted by Gasteiger charge is -2.29. The van der Waals surface area contributed by atoms with E-state index in [9.17, 15) is 0 Å². The Morgan fingerprint density at radius 3 is 2.95 bits per heavy atom. The number of nitrogens with one attached hydrogen (secondary N) is 1. The van der Waals surface area contributed by atoms with Gasteiger partial charge in [0.25, 0.3) is 0 Å². The lowest BCUT2D eigenvalue weighted by molar-refractivity contribution is 0.203. The lowest BCUT2D eigenvalue weighted by atomic mass is 10.2. The van der Waals surface area contributed by atoms with Gasteiger partial charge in [-0.15, -0.1) is 0 Å². The van der Waals surface area contributed by atoms with Gasteiger partial charge in [-0.3, -0.25) is 0 Å². The Labute approximate surface area is 112 Å². The van der Waals surface area contributed by atoms with E-state index in [1.807, 2.05) is 0 Å². The summed E-state index contributed by atoms with van der Waals surface area (Å²) in [6, 6.07) is 0.330. The van der Waals surface area contributed by atoms with E-state index in [-0.39, 0.29) is 5.95 Å². The standard InChI is InChI=1S/C12H20N6O/c1-4-8(2)18(5-6-19-3)11-9-10(15-7-14-9)16-12(13)17-11/h7-8H,4-6H2,1-3H3,(H3,13,14,15,16,17). The normalized spacial score (nSPS) is 12.8. The molecule has 2 heterocycles. The monoisotopic (exact) mass is 264 g/mol. The fourth-order valence-electron chi connectivity index (χ4n) is 1.99. The molecule has 2 rings (SSSR count). The second-order valence-electron chi connectivity index (χ2n) is 4.45. The number of ether oxygens (including phenoxy) is 1. The van der Waals surface area contributed by atoms with E-state index in [4.69, 9.17) is 10.5 Å².